The van der Waals surface area contributed by atoms with Gasteiger partial charge in [-0.25, -0.2) is 4.98 Å². The highest BCUT2D eigenvalue weighted by molar-refractivity contribution is 6.23. The van der Waals surface area contributed by atoms with E-state index in [1.54, 1.807) is 24.4 Å². The van der Waals surface area contributed by atoms with Crippen LogP contribution < -0.4 is 5.56 Å². The second-order valence-corrected chi connectivity index (χ2v) is 5.67. The molecule has 0 aliphatic carbocycles. The lowest BCUT2D eigenvalue weighted by Crippen LogP contribution is -2.30. The number of nitrogens with zero attached hydrogens (tertiary/aromatic N) is 4. The van der Waals surface area contributed by atoms with Crippen molar-refractivity contribution < 1.29 is 14.5 Å². The molecule has 1 aliphatic rings. The van der Waals surface area contributed by atoms with Crippen LogP contribution in [0.4, 0.5) is 5.69 Å². The molecule has 26 heavy (non-hydrogen) atoms. The minimum absolute atomic E-state index is 0.0262. The summed E-state index contributed by atoms with van der Waals surface area (Å²) in [6, 6.07) is 10.1. The van der Waals surface area contributed by atoms with Gasteiger partial charge < -0.3 is 0 Å². The molecule has 1 aliphatic heterocycles. The summed E-state index contributed by atoms with van der Waals surface area (Å²) in [5.41, 5.74) is -0.444. The number of amides is 2. The fourth-order valence-corrected chi connectivity index (χ4v) is 2.96. The van der Waals surface area contributed by atoms with E-state index in [0.717, 1.165) is 4.90 Å². The Morgan fingerprint density at radius 2 is 1.85 bits per heavy atom. The van der Waals surface area contributed by atoms with Crippen LogP contribution in [-0.2, 0) is 6.54 Å². The van der Waals surface area contributed by atoms with Crippen molar-refractivity contribution in [3.63, 3.8) is 0 Å². The van der Waals surface area contributed by atoms with Crippen molar-refractivity contribution in [2.24, 2.45) is 0 Å². The Morgan fingerprint density at radius 1 is 1.04 bits per heavy atom. The number of fused-ring (bicyclic) bond motifs is 2. The van der Waals surface area contributed by atoms with Crippen LogP contribution in [0.25, 0.3) is 5.65 Å². The van der Waals surface area contributed by atoms with Crippen LogP contribution in [0.2, 0.25) is 0 Å². The Bertz CT molecular complexity index is 1170. The van der Waals surface area contributed by atoms with Crippen molar-refractivity contribution in [2.45, 2.75) is 6.54 Å². The highest BCUT2D eigenvalue weighted by atomic mass is 16.6. The monoisotopic (exact) mass is 350 g/mol. The molecule has 0 bridgehead atoms. The molecule has 0 N–H and O–H groups in total. The van der Waals surface area contributed by atoms with Crippen LogP contribution in [0.5, 0.6) is 0 Å². The van der Waals surface area contributed by atoms with E-state index in [9.17, 15) is 24.5 Å². The fraction of sp³-hybridized carbons (Fsp3) is 0.0588. The number of hydrogen-bond donors (Lipinski definition) is 0. The Hall–Kier alpha value is -3.88. The van der Waals surface area contributed by atoms with Crippen molar-refractivity contribution >= 4 is 23.1 Å². The number of aromatic nitrogens is 2. The Morgan fingerprint density at radius 3 is 2.62 bits per heavy atom. The molecule has 3 aromatic rings. The minimum Gasteiger partial charge on any atom is -0.269 e. The number of nitro groups is 1. The summed E-state index contributed by atoms with van der Waals surface area (Å²) in [6.45, 7) is -0.246. The summed E-state index contributed by atoms with van der Waals surface area (Å²) in [4.78, 5) is 52.8. The van der Waals surface area contributed by atoms with Gasteiger partial charge in [0.15, 0.2) is 0 Å². The summed E-state index contributed by atoms with van der Waals surface area (Å²) in [7, 11) is 0. The number of hydrogen-bond acceptors (Lipinski definition) is 6. The first kappa shape index (κ1) is 15.6. The molecule has 9 nitrogen and oxygen atoms in total. The molecule has 4 rings (SSSR count). The van der Waals surface area contributed by atoms with Gasteiger partial charge in [0, 0.05) is 18.3 Å². The number of nitro benzene ring substituents is 1. The van der Waals surface area contributed by atoms with E-state index >= 15 is 0 Å². The number of benzene rings is 1. The predicted molar refractivity (Wildman–Crippen MR) is 88.8 cm³/mol. The quantitative estimate of drug-likeness (QED) is 0.401. The molecule has 3 heterocycles. The maximum atomic E-state index is 12.6. The van der Waals surface area contributed by atoms with E-state index in [0.29, 0.717) is 5.65 Å². The molecule has 0 spiro atoms. The van der Waals surface area contributed by atoms with Gasteiger partial charge in [-0.05, 0) is 18.2 Å². The number of pyridine rings is 1. The average Bonchev–Trinajstić information content (AvgIpc) is 2.87. The van der Waals surface area contributed by atoms with Gasteiger partial charge in [-0.2, -0.15) is 0 Å². The van der Waals surface area contributed by atoms with E-state index < -0.39 is 22.4 Å². The van der Waals surface area contributed by atoms with Gasteiger partial charge in [0.2, 0.25) is 0 Å². The van der Waals surface area contributed by atoms with Gasteiger partial charge in [0.1, 0.15) is 11.2 Å². The molecule has 2 aromatic heterocycles. The molecule has 0 saturated heterocycles. The van der Waals surface area contributed by atoms with Crippen LogP contribution >= 0.6 is 0 Å². The summed E-state index contributed by atoms with van der Waals surface area (Å²) < 4.78 is 1.33. The molecular formula is C17H10N4O5. The largest absolute Gasteiger partial charge is 0.282 e. The standard InChI is InChI=1S/C17H10N4O5/c22-14-8-10(18-13-6-1-2-7-19(13)14)9-20-16(23)11-4-3-5-12(21(25)26)15(11)17(20)24/h1-8H,9H2. The minimum atomic E-state index is -0.771. The molecule has 0 atom stereocenters. The topological polar surface area (TPSA) is 115 Å². The van der Waals surface area contributed by atoms with Crippen molar-refractivity contribution in [1.29, 1.82) is 0 Å². The molecule has 9 heteroatoms. The summed E-state index contributed by atoms with van der Waals surface area (Å²) in [5, 5.41) is 11.1. The molecule has 2 amide bonds. The second-order valence-electron chi connectivity index (χ2n) is 5.67. The van der Waals surface area contributed by atoms with E-state index in [1.807, 2.05) is 0 Å². The van der Waals surface area contributed by atoms with Crippen LogP contribution in [0, 0.1) is 10.1 Å². The van der Waals surface area contributed by atoms with E-state index in [-0.39, 0.29) is 28.9 Å². The first-order valence-electron chi connectivity index (χ1n) is 7.58. The van der Waals surface area contributed by atoms with Crippen LogP contribution in [0.1, 0.15) is 26.4 Å². The zero-order valence-electron chi connectivity index (χ0n) is 13.2. The maximum absolute atomic E-state index is 12.6. The number of carbonyl (C=O) groups is 2. The Kier molecular flexibility index (Phi) is 3.36. The van der Waals surface area contributed by atoms with Crippen molar-refractivity contribution in [3.8, 4) is 0 Å². The van der Waals surface area contributed by atoms with Gasteiger partial charge >= 0.3 is 0 Å². The summed E-state index contributed by atoms with van der Waals surface area (Å²) in [6.07, 6.45) is 1.56. The van der Waals surface area contributed by atoms with Gasteiger partial charge in [-0.1, -0.05) is 12.1 Å². The smallest absolute Gasteiger partial charge is 0.269 e. The molecule has 0 radical (unpaired) electrons. The van der Waals surface area contributed by atoms with Crippen LogP contribution in [-0.4, -0.2) is 31.0 Å². The van der Waals surface area contributed by atoms with Crippen molar-refractivity contribution in [3.05, 3.63) is 86.0 Å². The Balaban J connectivity index is 1.75. The molecular weight excluding hydrogens is 340 g/mol. The third-order valence-electron chi connectivity index (χ3n) is 4.12. The lowest BCUT2D eigenvalue weighted by molar-refractivity contribution is -0.385. The highest BCUT2D eigenvalue weighted by Gasteiger charge is 2.41. The molecule has 0 unspecified atom stereocenters. The molecule has 1 aromatic carbocycles. The normalized spacial score (nSPS) is 13.3. The van der Waals surface area contributed by atoms with Crippen LogP contribution in [0.3, 0.4) is 0 Å². The van der Waals surface area contributed by atoms with Gasteiger partial charge in [0.05, 0.1) is 22.7 Å². The van der Waals surface area contributed by atoms with E-state index in [2.05, 4.69) is 4.98 Å². The van der Waals surface area contributed by atoms with E-state index in [4.69, 9.17) is 0 Å². The average molecular weight is 350 g/mol. The number of carbonyl (C=O) groups excluding carboxylic acids is 2. The van der Waals surface area contributed by atoms with E-state index in [1.165, 1.54) is 28.7 Å². The van der Waals surface area contributed by atoms with Gasteiger partial charge in [-0.3, -0.25) is 33.8 Å². The fourth-order valence-electron chi connectivity index (χ4n) is 2.96. The summed E-state index contributed by atoms with van der Waals surface area (Å²) in [5.74, 6) is -1.42. The lowest BCUT2D eigenvalue weighted by atomic mass is 10.1. The third-order valence-corrected chi connectivity index (χ3v) is 4.12. The first-order valence-corrected chi connectivity index (χ1v) is 7.58. The second kappa shape index (κ2) is 5.59. The zero-order chi connectivity index (χ0) is 18.4. The van der Waals surface area contributed by atoms with Crippen LogP contribution in [0.15, 0.2) is 53.5 Å². The zero-order valence-corrected chi connectivity index (χ0v) is 13.2. The number of imide groups is 1. The maximum Gasteiger partial charge on any atom is 0.282 e. The van der Waals surface area contributed by atoms with Crippen molar-refractivity contribution in [2.75, 3.05) is 0 Å². The van der Waals surface area contributed by atoms with Gasteiger partial charge in [0.25, 0.3) is 23.1 Å². The lowest BCUT2D eigenvalue weighted by Gasteiger charge is -2.13. The van der Waals surface area contributed by atoms with Crippen molar-refractivity contribution in [1.82, 2.24) is 14.3 Å². The molecule has 0 fully saturated rings. The molecule has 128 valence electrons. The molecule has 0 saturated carbocycles. The Labute approximate surface area is 145 Å². The summed E-state index contributed by atoms with van der Waals surface area (Å²) >= 11 is 0. The first-order chi connectivity index (χ1) is 12.5. The number of rotatable bonds is 3. The third kappa shape index (κ3) is 2.25. The van der Waals surface area contributed by atoms with Gasteiger partial charge in [-0.15, -0.1) is 0 Å². The predicted octanol–water partition coefficient (Wildman–Crippen LogP) is 1.40. The highest BCUT2D eigenvalue weighted by Crippen LogP contribution is 2.31. The SMILES string of the molecule is O=C1c2cccc([N+](=O)[O-])c2C(=O)N1Cc1cc(=O)n2ccccc2n1.